The standard InChI is InChI=1S/C15H19F2NO2/c1-3-20-14(19)15(2,18-9-10-4-5-10)11-6-12(16)8-13(17)7-11/h6-8,10,18H,3-5,9H2,1-2H3. The molecule has 0 heterocycles. The Hall–Kier alpha value is -1.49. The second-order valence-corrected chi connectivity index (χ2v) is 5.33. The third-order valence-corrected chi connectivity index (χ3v) is 3.56. The van der Waals surface area contributed by atoms with Crippen LogP contribution in [-0.2, 0) is 15.1 Å². The minimum absolute atomic E-state index is 0.220. The van der Waals surface area contributed by atoms with Crippen molar-refractivity contribution < 1.29 is 18.3 Å². The number of benzene rings is 1. The van der Waals surface area contributed by atoms with Crippen molar-refractivity contribution in [2.75, 3.05) is 13.2 Å². The maximum Gasteiger partial charge on any atom is 0.330 e. The highest BCUT2D eigenvalue weighted by atomic mass is 19.1. The minimum Gasteiger partial charge on any atom is -0.464 e. The molecule has 3 nitrogen and oxygen atoms in total. The fraction of sp³-hybridized carbons (Fsp3) is 0.533. The second-order valence-electron chi connectivity index (χ2n) is 5.33. The fourth-order valence-corrected chi connectivity index (χ4v) is 2.08. The zero-order valence-corrected chi connectivity index (χ0v) is 11.7. The predicted octanol–water partition coefficient (Wildman–Crippen LogP) is 2.74. The van der Waals surface area contributed by atoms with E-state index in [9.17, 15) is 13.6 Å². The average Bonchev–Trinajstić information content (AvgIpc) is 3.19. The summed E-state index contributed by atoms with van der Waals surface area (Å²) in [6, 6.07) is 3.12. The number of rotatable bonds is 6. The number of carbonyl (C=O) groups excluding carboxylic acids is 1. The Morgan fingerprint density at radius 2 is 1.95 bits per heavy atom. The maximum atomic E-state index is 13.4. The Morgan fingerprint density at radius 3 is 2.45 bits per heavy atom. The van der Waals surface area contributed by atoms with Crippen LogP contribution in [0.5, 0.6) is 0 Å². The number of halogens is 2. The summed E-state index contributed by atoms with van der Waals surface area (Å²) < 4.78 is 31.8. The van der Waals surface area contributed by atoms with Crippen LogP contribution >= 0.6 is 0 Å². The van der Waals surface area contributed by atoms with Crippen molar-refractivity contribution >= 4 is 5.97 Å². The van der Waals surface area contributed by atoms with Gasteiger partial charge in [0, 0.05) is 6.07 Å². The molecule has 1 atom stereocenters. The van der Waals surface area contributed by atoms with Crippen LogP contribution in [0.4, 0.5) is 8.78 Å². The van der Waals surface area contributed by atoms with Gasteiger partial charge in [-0.15, -0.1) is 0 Å². The lowest BCUT2D eigenvalue weighted by Gasteiger charge is -2.29. The van der Waals surface area contributed by atoms with Gasteiger partial charge in [0.2, 0.25) is 0 Å². The van der Waals surface area contributed by atoms with Crippen LogP contribution < -0.4 is 5.32 Å². The molecule has 0 radical (unpaired) electrons. The summed E-state index contributed by atoms with van der Waals surface area (Å²) in [6.45, 7) is 4.15. The summed E-state index contributed by atoms with van der Waals surface area (Å²) in [5.41, 5.74) is -0.990. The molecule has 0 saturated heterocycles. The topological polar surface area (TPSA) is 38.3 Å². The van der Waals surface area contributed by atoms with Crippen LogP contribution in [0, 0.1) is 17.6 Å². The Labute approximate surface area is 117 Å². The Bertz CT molecular complexity index is 482. The van der Waals surface area contributed by atoms with Gasteiger partial charge in [-0.1, -0.05) is 0 Å². The molecule has 0 bridgehead atoms. The predicted molar refractivity (Wildman–Crippen MR) is 71.1 cm³/mol. The van der Waals surface area contributed by atoms with Crippen molar-refractivity contribution in [2.45, 2.75) is 32.2 Å². The van der Waals surface area contributed by atoms with E-state index in [1.165, 1.54) is 12.1 Å². The van der Waals surface area contributed by atoms with Gasteiger partial charge in [-0.25, -0.2) is 13.6 Å². The quantitative estimate of drug-likeness (QED) is 0.816. The first-order valence-electron chi connectivity index (χ1n) is 6.84. The first-order valence-corrected chi connectivity index (χ1v) is 6.84. The van der Waals surface area contributed by atoms with Gasteiger partial charge in [0.05, 0.1) is 6.61 Å². The summed E-state index contributed by atoms with van der Waals surface area (Å²) in [4.78, 5) is 12.2. The number of carbonyl (C=O) groups is 1. The first kappa shape index (κ1) is 14.9. The van der Waals surface area contributed by atoms with Crippen LogP contribution in [0.25, 0.3) is 0 Å². The van der Waals surface area contributed by atoms with Gasteiger partial charge in [-0.05, 0) is 56.8 Å². The third-order valence-electron chi connectivity index (χ3n) is 3.56. The molecule has 1 N–H and O–H groups in total. The maximum absolute atomic E-state index is 13.4. The molecule has 1 saturated carbocycles. The summed E-state index contributed by atoms with van der Waals surface area (Å²) >= 11 is 0. The van der Waals surface area contributed by atoms with Crippen LogP contribution in [0.2, 0.25) is 0 Å². The lowest BCUT2D eigenvalue weighted by atomic mass is 9.91. The van der Waals surface area contributed by atoms with E-state index in [4.69, 9.17) is 4.74 Å². The van der Waals surface area contributed by atoms with E-state index in [0.717, 1.165) is 18.9 Å². The van der Waals surface area contributed by atoms with E-state index in [1.54, 1.807) is 13.8 Å². The zero-order chi connectivity index (χ0) is 14.8. The SMILES string of the molecule is CCOC(=O)C(C)(NCC1CC1)c1cc(F)cc(F)c1. The summed E-state index contributed by atoms with van der Waals surface area (Å²) in [5, 5.41) is 3.11. The Balaban J connectivity index is 2.29. The molecule has 20 heavy (non-hydrogen) atoms. The zero-order valence-electron chi connectivity index (χ0n) is 11.7. The van der Waals surface area contributed by atoms with Gasteiger partial charge in [-0.3, -0.25) is 5.32 Å². The molecule has 2 rings (SSSR count). The molecule has 0 spiro atoms. The fourth-order valence-electron chi connectivity index (χ4n) is 2.08. The van der Waals surface area contributed by atoms with Gasteiger partial charge in [0.15, 0.2) is 0 Å². The summed E-state index contributed by atoms with van der Waals surface area (Å²) in [6.07, 6.45) is 2.23. The highest BCUT2D eigenvalue weighted by Gasteiger charge is 2.38. The molecule has 1 aliphatic carbocycles. The van der Waals surface area contributed by atoms with Gasteiger partial charge in [-0.2, -0.15) is 0 Å². The molecule has 1 aliphatic rings. The number of esters is 1. The first-order chi connectivity index (χ1) is 9.45. The molecule has 5 heteroatoms. The number of nitrogens with one attached hydrogen (secondary N) is 1. The van der Waals surface area contributed by atoms with Crippen molar-refractivity contribution in [1.82, 2.24) is 5.32 Å². The van der Waals surface area contributed by atoms with E-state index in [0.29, 0.717) is 12.5 Å². The number of ether oxygens (including phenoxy) is 1. The normalized spacial score (nSPS) is 17.6. The van der Waals surface area contributed by atoms with E-state index in [2.05, 4.69) is 5.32 Å². The molecule has 1 aromatic rings. The molecule has 1 aromatic carbocycles. The number of hydrogen-bond acceptors (Lipinski definition) is 3. The van der Waals surface area contributed by atoms with E-state index in [1.807, 2.05) is 0 Å². The van der Waals surface area contributed by atoms with Gasteiger partial charge in [0.25, 0.3) is 0 Å². The molecular formula is C15H19F2NO2. The van der Waals surface area contributed by atoms with Crippen LogP contribution in [0.15, 0.2) is 18.2 Å². The largest absolute Gasteiger partial charge is 0.464 e. The summed E-state index contributed by atoms with van der Waals surface area (Å²) in [7, 11) is 0. The molecule has 1 unspecified atom stereocenters. The van der Waals surface area contributed by atoms with Gasteiger partial charge >= 0.3 is 5.97 Å². The highest BCUT2D eigenvalue weighted by Crippen LogP contribution is 2.31. The molecule has 0 amide bonds. The molecule has 0 aliphatic heterocycles. The van der Waals surface area contributed by atoms with Crippen molar-refractivity contribution in [2.24, 2.45) is 5.92 Å². The van der Waals surface area contributed by atoms with Crippen LogP contribution in [0.3, 0.4) is 0 Å². The molecule has 0 aromatic heterocycles. The van der Waals surface area contributed by atoms with E-state index < -0.39 is 23.1 Å². The monoisotopic (exact) mass is 283 g/mol. The molecular weight excluding hydrogens is 264 g/mol. The van der Waals surface area contributed by atoms with Crippen LogP contribution in [0.1, 0.15) is 32.3 Å². The summed E-state index contributed by atoms with van der Waals surface area (Å²) in [5.74, 6) is -1.40. The second kappa shape index (κ2) is 5.87. The lowest BCUT2D eigenvalue weighted by molar-refractivity contribution is -0.151. The van der Waals surface area contributed by atoms with Crippen molar-refractivity contribution in [1.29, 1.82) is 0 Å². The minimum atomic E-state index is -1.23. The van der Waals surface area contributed by atoms with Gasteiger partial charge in [0.1, 0.15) is 17.2 Å². The smallest absolute Gasteiger partial charge is 0.330 e. The lowest BCUT2D eigenvalue weighted by Crippen LogP contribution is -2.48. The van der Waals surface area contributed by atoms with Crippen molar-refractivity contribution in [3.8, 4) is 0 Å². The third kappa shape index (κ3) is 3.33. The van der Waals surface area contributed by atoms with Crippen LogP contribution in [-0.4, -0.2) is 19.1 Å². The Kier molecular flexibility index (Phi) is 4.38. The van der Waals surface area contributed by atoms with Gasteiger partial charge < -0.3 is 4.74 Å². The Morgan fingerprint density at radius 1 is 1.35 bits per heavy atom. The van der Waals surface area contributed by atoms with Crippen molar-refractivity contribution in [3.05, 3.63) is 35.4 Å². The molecule has 1 fully saturated rings. The van der Waals surface area contributed by atoms with E-state index >= 15 is 0 Å². The van der Waals surface area contributed by atoms with E-state index in [-0.39, 0.29) is 12.2 Å². The highest BCUT2D eigenvalue weighted by molar-refractivity contribution is 5.82. The molecule has 110 valence electrons. The average molecular weight is 283 g/mol. The number of hydrogen-bond donors (Lipinski definition) is 1. The van der Waals surface area contributed by atoms with Crippen molar-refractivity contribution in [3.63, 3.8) is 0 Å².